The first-order valence-corrected chi connectivity index (χ1v) is 9.00. The highest BCUT2D eigenvalue weighted by molar-refractivity contribution is 5.95. The summed E-state index contributed by atoms with van der Waals surface area (Å²) in [6, 6.07) is 12.1. The zero-order chi connectivity index (χ0) is 17.9. The molecular weight excluding hydrogens is 328 g/mol. The SMILES string of the molecule is Cc1[nH]ccc1C(=O)NC1CCC(n2nnc(-c3ccccc3)n2)CC1. The molecule has 2 aromatic heterocycles. The van der Waals surface area contributed by atoms with Gasteiger partial charge in [-0.2, -0.15) is 4.80 Å². The second-order valence-electron chi connectivity index (χ2n) is 6.79. The Balaban J connectivity index is 1.35. The highest BCUT2D eigenvalue weighted by Crippen LogP contribution is 2.28. The summed E-state index contributed by atoms with van der Waals surface area (Å²) in [6.07, 6.45) is 5.50. The third-order valence-electron chi connectivity index (χ3n) is 5.02. The first-order valence-electron chi connectivity index (χ1n) is 9.00. The van der Waals surface area contributed by atoms with E-state index in [0.717, 1.165) is 42.5 Å². The number of benzene rings is 1. The molecule has 1 fully saturated rings. The van der Waals surface area contributed by atoms with Crippen LogP contribution < -0.4 is 5.32 Å². The Bertz CT molecular complexity index is 876. The van der Waals surface area contributed by atoms with E-state index in [0.29, 0.717) is 5.82 Å². The van der Waals surface area contributed by atoms with Crippen molar-refractivity contribution in [3.63, 3.8) is 0 Å². The van der Waals surface area contributed by atoms with Crippen molar-refractivity contribution < 1.29 is 4.79 Å². The Morgan fingerprint density at radius 2 is 1.92 bits per heavy atom. The highest BCUT2D eigenvalue weighted by atomic mass is 16.1. The van der Waals surface area contributed by atoms with E-state index in [9.17, 15) is 4.79 Å². The topological polar surface area (TPSA) is 88.5 Å². The second kappa shape index (κ2) is 7.11. The van der Waals surface area contributed by atoms with Crippen molar-refractivity contribution in [1.82, 2.24) is 30.5 Å². The van der Waals surface area contributed by atoms with Crippen molar-refractivity contribution in [3.05, 3.63) is 53.9 Å². The summed E-state index contributed by atoms with van der Waals surface area (Å²) in [4.78, 5) is 17.1. The van der Waals surface area contributed by atoms with Gasteiger partial charge in [-0.1, -0.05) is 30.3 Å². The minimum absolute atomic E-state index is 0.00237. The van der Waals surface area contributed by atoms with Crippen LogP contribution in [0, 0.1) is 6.92 Å². The molecule has 1 saturated carbocycles. The number of nitrogens with one attached hydrogen (secondary N) is 2. The Morgan fingerprint density at radius 3 is 2.62 bits per heavy atom. The molecule has 2 heterocycles. The molecule has 1 aliphatic carbocycles. The summed E-state index contributed by atoms with van der Waals surface area (Å²) < 4.78 is 0. The van der Waals surface area contributed by atoms with E-state index in [1.165, 1.54) is 0 Å². The van der Waals surface area contributed by atoms with Crippen molar-refractivity contribution >= 4 is 5.91 Å². The monoisotopic (exact) mass is 350 g/mol. The lowest BCUT2D eigenvalue weighted by Gasteiger charge is -2.28. The van der Waals surface area contributed by atoms with Crippen molar-refractivity contribution in [2.45, 2.75) is 44.7 Å². The number of nitrogens with zero attached hydrogens (tertiary/aromatic N) is 4. The number of rotatable bonds is 4. The molecule has 0 radical (unpaired) electrons. The average molecular weight is 350 g/mol. The van der Waals surface area contributed by atoms with E-state index in [2.05, 4.69) is 25.7 Å². The number of tetrazole rings is 1. The molecule has 1 aromatic carbocycles. The molecule has 7 nitrogen and oxygen atoms in total. The van der Waals surface area contributed by atoms with Gasteiger partial charge >= 0.3 is 0 Å². The number of carbonyl (C=O) groups is 1. The summed E-state index contributed by atoms with van der Waals surface area (Å²) in [5, 5.41) is 16.1. The van der Waals surface area contributed by atoms with Crippen molar-refractivity contribution in [3.8, 4) is 11.4 Å². The minimum Gasteiger partial charge on any atom is -0.365 e. The molecule has 0 aliphatic heterocycles. The van der Waals surface area contributed by atoms with Crippen molar-refractivity contribution in [2.24, 2.45) is 0 Å². The van der Waals surface area contributed by atoms with E-state index < -0.39 is 0 Å². The summed E-state index contributed by atoms with van der Waals surface area (Å²) in [5.41, 5.74) is 2.59. The van der Waals surface area contributed by atoms with Crippen LogP contribution in [0.4, 0.5) is 0 Å². The van der Waals surface area contributed by atoms with E-state index in [4.69, 9.17) is 0 Å². The molecule has 0 bridgehead atoms. The summed E-state index contributed by atoms with van der Waals surface area (Å²) in [6.45, 7) is 1.91. The van der Waals surface area contributed by atoms with Crippen LogP contribution in [-0.2, 0) is 0 Å². The Morgan fingerprint density at radius 1 is 1.15 bits per heavy atom. The molecule has 7 heteroatoms. The van der Waals surface area contributed by atoms with Gasteiger partial charge < -0.3 is 10.3 Å². The van der Waals surface area contributed by atoms with Crippen LogP contribution in [0.15, 0.2) is 42.6 Å². The van der Waals surface area contributed by atoms with Gasteiger partial charge in [0, 0.05) is 23.5 Å². The molecule has 0 spiro atoms. The molecule has 0 saturated heterocycles. The minimum atomic E-state index is -0.00237. The molecule has 0 unspecified atom stereocenters. The predicted molar refractivity (Wildman–Crippen MR) is 97.5 cm³/mol. The smallest absolute Gasteiger partial charge is 0.253 e. The number of aryl methyl sites for hydroxylation is 1. The van der Waals surface area contributed by atoms with E-state index in [-0.39, 0.29) is 18.0 Å². The summed E-state index contributed by atoms with van der Waals surface area (Å²) in [5.74, 6) is 0.654. The zero-order valence-corrected chi connectivity index (χ0v) is 14.7. The van der Waals surface area contributed by atoms with Gasteiger partial charge in [-0.25, -0.2) is 0 Å². The van der Waals surface area contributed by atoms with Gasteiger partial charge in [-0.15, -0.1) is 10.2 Å². The van der Waals surface area contributed by atoms with Gasteiger partial charge in [0.25, 0.3) is 5.91 Å². The number of amides is 1. The zero-order valence-electron chi connectivity index (χ0n) is 14.7. The third-order valence-corrected chi connectivity index (χ3v) is 5.02. The molecule has 26 heavy (non-hydrogen) atoms. The molecule has 134 valence electrons. The summed E-state index contributed by atoms with van der Waals surface area (Å²) in [7, 11) is 0. The fraction of sp³-hybridized carbons (Fsp3) is 0.368. The normalized spacial score (nSPS) is 20.0. The van der Waals surface area contributed by atoms with E-state index >= 15 is 0 Å². The Kier molecular flexibility index (Phi) is 4.51. The highest BCUT2D eigenvalue weighted by Gasteiger charge is 2.26. The quantitative estimate of drug-likeness (QED) is 0.757. The Labute approximate surface area is 151 Å². The van der Waals surface area contributed by atoms with Gasteiger partial charge in [0.2, 0.25) is 5.82 Å². The maximum Gasteiger partial charge on any atom is 0.253 e. The fourth-order valence-corrected chi connectivity index (χ4v) is 3.50. The first kappa shape index (κ1) is 16.5. The van der Waals surface area contributed by atoms with Crippen molar-refractivity contribution in [2.75, 3.05) is 0 Å². The molecule has 2 N–H and O–H groups in total. The lowest BCUT2D eigenvalue weighted by Crippen LogP contribution is -2.38. The number of H-pyrrole nitrogens is 1. The molecule has 4 rings (SSSR count). The van der Waals surface area contributed by atoms with E-state index in [1.54, 1.807) is 11.0 Å². The lowest BCUT2D eigenvalue weighted by atomic mass is 9.91. The van der Waals surface area contributed by atoms with Gasteiger partial charge in [0.05, 0.1) is 11.6 Å². The van der Waals surface area contributed by atoms with Gasteiger partial charge in [0.1, 0.15) is 0 Å². The molecule has 1 aliphatic rings. The molecule has 1 amide bonds. The van der Waals surface area contributed by atoms with Gasteiger partial charge in [-0.05, 0) is 43.9 Å². The van der Waals surface area contributed by atoms with Gasteiger partial charge in [0.15, 0.2) is 0 Å². The van der Waals surface area contributed by atoms with E-state index in [1.807, 2.05) is 43.3 Å². The number of aromatic nitrogens is 5. The standard InChI is InChI=1S/C19H22N6O/c1-13-17(11-12-20-13)19(26)21-15-7-9-16(10-8-15)25-23-18(22-24-25)14-5-3-2-4-6-14/h2-6,11-12,15-16,20H,7-10H2,1H3,(H,21,26). The van der Waals surface area contributed by atoms with Gasteiger partial charge in [-0.3, -0.25) is 4.79 Å². The lowest BCUT2D eigenvalue weighted by molar-refractivity contribution is 0.0920. The van der Waals surface area contributed by atoms with Crippen LogP contribution in [0.3, 0.4) is 0 Å². The van der Waals surface area contributed by atoms with Crippen LogP contribution in [0.25, 0.3) is 11.4 Å². The van der Waals surface area contributed by atoms with Crippen LogP contribution in [0.5, 0.6) is 0 Å². The first-order chi connectivity index (χ1) is 12.7. The maximum absolute atomic E-state index is 12.3. The molecular formula is C19H22N6O. The second-order valence-corrected chi connectivity index (χ2v) is 6.79. The van der Waals surface area contributed by atoms with Crippen molar-refractivity contribution in [1.29, 1.82) is 0 Å². The summed E-state index contributed by atoms with van der Waals surface area (Å²) >= 11 is 0. The van der Waals surface area contributed by atoms with Crippen LogP contribution in [0.1, 0.15) is 47.8 Å². The fourth-order valence-electron chi connectivity index (χ4n) is 3.50. The largest absolute Gasteiger partial charge is 0.365 e. The van der Waals surface area contributed by atoms with Crippen LogP contribution in [-0.4, -0.2) is 37.1 Å². The molecule has 0 atom stereocenters. The number of carbonyl (C=O) groups excluding carboxylic acids is 1. The maximum atomic E-state index is 12.3. The molecule has 3 aromatic rings. The number of hydrogen-bond donors (Lipinski definition) is 2. The van der Waals surface area contributed by atoms with Crippen LogP contribution in [0.2, 0.25) is 0 Å². The number of hydrogen-bond acceptors (Lipinski definition) is 4. The predicted octanol–water partition coefficient (Wildman–Crippen LogP) is 2.89. The third kappa shape index (κ3) is 3.37. The van der Waals surface area contributed by atoms with Crippen LogP contribution >= 0.6 is 0 Å². The average Bonchev–Trinajstić information content (AvgIpc) is 3.32. The number of aromatic amines is 1. The Hall–Kier alpha value is -2.96.